The Hall–Kier alpha value is -2.90. The molecule has 1 aromatic carbocycles. The van der Waals surface area contributed by atoms with Crippen molar-refractivity contribution in [1.29, 1.82) is 0 Å². The van der Waals surface area contributed by atoms with Crippen LogP contribution in [0.3, 0.4) is 0 Å². The molecule has 30 heavy (non-hydrogen) atoms. The molecule has 1 fully saturated rings. The molecule has 0 spiro atoms. The van der Waals surface area contributed by atoms with Gasteiger partial charge in [-0.05, 0) is 59.1 Å². The van der Waals surface area contributed by atoms with Crippen LogP contribution in [-0.4, -0.2) is 28.3 Å². The minimum absolute atomic E-state index is 0.130. The van der Waals surface area contributed by atoms with E-state index in [1.807, 2.05) is 48.0 Å². The van der Waals surface area contributed by atoms with Gasteiger partial charge < -0.3 is 14.7 Å². The largest absolute Gasteiger partial charge is 0.507 e. The van der Waals surface area contributed by atoms with E-state index in [0.717, 1.165) is 33.1 Å². The zero-order valence-corrected chi connectivity index (χ0v) is 17.9. The summed E-state index contributed by atoms with van der Waals surface area (Å²) in [6.45, 7) is 2.90. The van der Waals surface area contributed by atoms with Crippen LogP contribution in [0.25, 0.3) is 5.76 Å². The molecule has 2 aromatic heterocycles. The predicted octanol–water partition coefficient (Wildman–Crippen LogP) is 4.67. The monoisotopic (exact) mass is 437 g/mol. The van der Waals surface area contributed by atoms with Crippen LogP contribution in [0.15, 0.2) is 52.7 Å². The van der Waals surface area contributed by atoms with Crippen molar-refractivity contribution >= 4 is 40.1 Å². The molecule has 1 N–H and O–H groups in total. The second-order valence-electron chi connectivity index (χ2n) is 7.40. The van der Waals surface area contributed by atoms with Crippen LogP contribution >= 0.6 is 22.7 Å². The topological polar surface area (TPSA) is 66.8 Å². The summed E-state index contributed by atoms with van der Waals surface area (Å²) >= 11 is 3.04. The Balaban J connectivity index is 1.65. The molecule has 1 amide bonds. The van der Waals surface area contributed by atoms with Crippen molar-refractivity contribution in [3.05, 3.63) is 79.2 Å². The minimum atomic E-state index is -0.640. The second kappa shape index (κ2) is 7.41. The van der Waals surface area contributed by atoms with Crippen LogP contribution in [-0.2, 0) is 22.6 Å². The Morgan fingerprint density at radius 3 is 2.80 bits per heavy atom. The molecule has 3 aromatic rings. The van der Waals surface area contributed by atoms with Crippen LogP contribution in [0.2, 0.25) is 0 Å². The Labute approximate surface area is 181 Å². The average molecular weight is 438 g/mol. The fraction of sp³-hybridized carbons (Fsp3) is 0.217. The summed E-state index contributed by atoms with van der Waals surface area (Å²) < 4.78 is 5.54. The highest BCUT2D eigenvalue weighted by atomic mass is 32.1. The Bertz CT molecular complexity index is 1180. The SMILES string of the molecule is Cc1ccsc1C1/C(=C(/O)c2ccc3c(c2)CCO3)C(=O)C(=O)N1Cc1cccs1. The van der Waals surface area contributed by atoms with Gasteiger partial charge in [-0.2, -0.15) is 0 Å². The first kappa shape index (κ1) is 19.1. The van der Waals surface area contributed by atoms with Gasteiger partial charge in [0.1, 0.15) is 17.6 Å². The van der Waals surface area contributed by atoms with E-state index in [-0.39, 0.29) is 11.3 Å². The molecular weight excluding hydrogens is 418 g/mol. The summed E-state index contributed by atoms with van der Waals surface area (Å²) in [7, 11) is 0. The summed E-state index contributed by atoms with van der Waals surface area (Å²) in [5.74, 6) is -0.546. The van der Waals surface area contributed by atoms with Gasteiger partial charge in [-0.15, -0.1) is 22.7 Å². The van der Waals surface area contributed by atoms with Crippen LogP contribution in [0.5, 0.6) is 5.75 Å². The van der Waals surface area contributed by atoms with E-state index < -0.39 is 17.7 Å². The van der Waals surface area contributed by atoms with Gasteiger partial charge in [-0.1, -0.05) is 6.07 Å². The molecule has 7 heteroatoms. The first-order chi connectivity index (χ1) is 14.5. The maximum absolute atomic E-state index is 13.1. The lowest BCUT2D eigenvalue weighted by molar-refractivity contribution is -0.140. The highest BCUT2D eigenvalue weighted by Gasteiger charge is 2.47. The first-order valence-electron chi connectivity index (χ1n) is 9.65. The molecule has 1 saturated heterocycles. The molecule has 5 nitrogen and oxygen atoms in total. The van der Waals surface area contributed by atoms with E-state index >= 15 is 0 Å². The molecule has 1 atom stereocenters. The number of rotatable bonds is 4. The number of aryl methyl sites for hydroxylation is 1. The van der Waals surface area contributed by atoms with E-state index in [1.165, 1.54) is 11.3 Å². The van der Waals surface area contributed by atoms with Crippen LogP contribution in [0, 0.1) is 6.92 Å². The van der Waals surface area contributed by atoms with E-state index in [4.69, 9.17) is 4.74 Å². The number of hydrogen-bond donors (Lipinski definition) is 1. The molecule has 0 radical (unpaired) electrons. The van der Waals surface area contributed by atoms with Gasteiger partial charge in [-0.25, -0.2) is 0 Å². The van der Waals surface area contributed by atoms with Crippen molar-refractivity contribution in [3.8, 4) is 5.75 Å². The van der Waals surface area contributed by atoms with Gasteiger partial charge in [0.25, 0.3) is 11.7 Å². The highest BCUT2D eigenvalue weighted by molar-refractivity contribution is 7.10. The molecule has 0 saturated carbocycles. The Morgan fingerprint density at radius 2 is 2.07 bits per heavy atom. The van der Waals surface area contributed by atoms with Crippen molar-refractivity contribution in [2.75, 3.05) is 6.61 Å². The molecule has 0 bridgehead atoms. The van der Waals surface area contributed by atoms with Crippen LogP contribution in [0.1, 0.15) is 32.5 Å². The number of nitrogens with zero attached hydrogens (tertiary/aromatic N) is 1. The minimum Gasteiger partial charge on any atom is -0.507 e. The number of hydrogen-bond acceptors (Lipinski definition) is 6. The Morgan fingerprint density at radius 1 is 1.20 bits per heavy atom. The molecule has 1 unspecified atom stereocenters. The van der Waals surface area contributed by atoms with Crippen LogP contribution in [0.4, 0.5) is 0 Å². The molecular formula is C23H19NO4S2. The average Bonchev–Trinajstić information content (AvgIpc) is 3.52. The summed E-state index contributed by atoms with van der Waals surface area (Å²) in [6, 6.07) is 10.6. The standard InChI is InChI=1S/C23H19NO4S2/c1-13-7-10-30-22(13)19-18(20(25)15-4-5-17-14(11-15)6-8-28-17)21(26)23(27)24(19)12-16-3-2-9-29-16/h2-5,7,9-11,19,25H,6,8,12H2,1H3/b20-18-. The number of ether oxygens (including phenoxy) is 1. The van der Waals surface area contributed by atoms with Gasteiger partial charge in [0.2, 0.25) is 0 Å². The predicted molar refractivity (Wildman–Crippen MR) is 117 cm³/mol. The van der Waals surface area contributed by atoms with E-state index in [9.17, 15) is 14.7 Å². The highest BCUT2D eigenvalue weighted by Crippen LogP contribution is 2.44. The van der Waals surface area contributed by atoms with Crippen molar-refractivity contribution in [2.45, 2.75) is 25.9 Å². The number of amides is 1. The fourth-order valence-corrected chi connectivity index (χ4v) is 5.79. The summed E-state index contributed by atoms with van der Waals surface area (Å²) in [5, 5.41) is 15.1. The van der Waals surface area contributed by atoms with Crippen molar-refractivity contribution in [3.63, 3.8) is 0 Å². The van der Waals surface area contributed by atoms with Crippen molar-refractivity contribution < 1.29 is 19.4 Å². The van der Waals surface area contributed by atoms with E-state index in [0.29, 0.717) is 18.7 Å². The number of fused-ring (bicyclic) bond motifs is 1. The van der Waals surface area contributed by atoms with Crippen molar-refractivity contribution in [1.82, 2.24) is 4.90 Å². The van der Waals surface area contributed by atoms with Gasteiger partial charge in [0.05, 0.1) is 18.7 Å². The lowest BCUT2D eigenvalue weighted by atomic mass is 9.97. The molecule has 2 aliphatic rings. The van der Waals surface area contributed by atoms with E-state index in [1.54, 1.807) is 22.3 Å². The summed E-state index contributed by atoms with van der Waals surface area (Å²) in [5.41, 5.74) is 2.68. The number of likely N-dealkylation sites (tertiary alicyclic amines) is 1. The molecule has 152 valence electrons. The fourth-order valence-electron chi connectivity index (χ4n) is 4.04. The van der Waals surface area contributed by atoms with Crippen LogP contribution < -0.4 is 4.74 Å². The third-order valence-corrected chi connectivity index (χ3v) is 7.49. The smallest absolute Gasteiger partial charge is 0.296 e. The quantitative estimate of drug-likeness (QED) is 0.366. The lowest BCUT2D eigenvalue weighted by Crippen LogP contribution is -2.28. The van der Waals surface area contributed by atoms with E-state index in [2.05, 4.69) is 0 Å². The first-order valence-corrected chi connectivity index (χ1v) is 11.4. The number of ketones is 1. The number of aliphatic hydroxyl groups excluding tert-OH is 1. The normalized spacial score (nSPS) is 19.9. The Kier molecular flexibility index (Phi) is 4.72. The maximum Gasteiger partial charge on any atom is 0.296 e. The lowest BCUT2D eigenvalue weighted by Gasteiger charge is -2.24. The maximum atomic E-state index is 13.1. The second-order valence-corrected chi connectivity index (χ2v) is 9.38. The summed E-state index contributed by atoms with van der Waals surface area (Å²) in [6.07, 6.45) is 0.761. The third kappa shape index (κ3) is 3.05. The van der Waals surface area contributed by atoms with Gasteiger partial charge >= 0.3 is 0 Å². The number of Topliss-reactive ketones (excluding diaryl/α,β-unsaturated/α-hetero) is 1. The molecule has 0 aliphatic carbocycles. The number of benzene rings is 1. The number of carbonyl (C=O) groups excluding carboxylic acids is 2. The number of aliphatic hydroxyl groups is 1. The van der Waals surface area contributed by atoms with Gasteiger partial charge in [0.15, 0.2) is 0 Å². The molecule has 4 heterocycles. The zero-order valence-electron chi connectivity index (χ0n) is 16.3. The third-order valence-electron chi connectivity index (χ3n) is 5.56. The molecule has 5 rings (SSSR count). The molecule has 2 aliphatic heterocycles. The number of thiophene rings is 2. The zero-order chi connectivity index (χ0) is 20.8. The summed E-state index contributed by atoms with van der Waals surface area (Å²) in [4.78, 5) is 29.6. The van der Waals surface area contributed by atoms with Gasteiger partial charge in [0, 0.05) is 21.7 Å². The van der Waals surface area contributed by atoms with Crippen molar-refractivity contribution in [2.24, 2.45) is 0 Å². The van der Waals surface area contributed by atoms with Gasteiger partial charge in [-0.3, -0.25) is 9.59 Å². The number of carbonyl (C=O) groups is 2.